The first kappa shape index (κ1) is 44.8. The lowest BCUT2D eigenvalue weighted by Gasteiger charge is -1.78. The zero-order valence-corrected chi connectivity index (χ0v) is 17.4. The summed E-state index contributed by atoms with van der Waals surface area (Å²) in [4.78, 5) is 45.0. The van der Waals surface area contributed by atoms with Crippen molar-refractivity contribution in [1.82, 2.24) is 0 Å². The van der Waals surface area contributed by atoms with Crippen LogP contribution >= 0.6 is 0 Å². The Morgan fingerprint density at radius 1 is 0.467 bits per heavy atom. The van der Waals surface area contributed by atoms with Crippen LogP contribution in [-0.4, -0.2) is 55.4 Å². The maximum absolute atomic E-state index is 9.00. The van der Waals surface area contributed by atoms with Crippen LogP contribution in [0.3, 0.4) is 0 Å². The highest BCUT2D eigenvalue weighted by molar-refractivity contribution is 5.63. The first-order chi connectivity index (χ1) is 13.2. The standard InChI is InChI=1S/2C2H7N3.5C2H4O2/c2*3-1-2(4)5;5*1-2(3)4/h2*1H,3-5H2;5*1H3,(H,3,4). The Morgan fingerprint density at radius 3 is 0.500 bits per heavy atom. The highest BCUT2D eigenvalue weighted by Gasteiger charge is 1.67. The fraction of sp³-hybridized carbons (Fsp3) is 0.357. The fourth-order valence-corrected chi connectivity index (χ4v) is 0. The Balaban J connectivity index is -0.0000000413. The topological polar surface area (TPSA) is 343 Å². The Morgan fingerprint density at radius 2 is 0.500 bits per heavy atom. The summed E-state index contributed by atoms with van der Waals surface area (Å²) in [5.41, 5.74) is 28.7. The van der Waals surface area contributed by atoms with Gasteiger partial charge in [0.25, 0.3) is 29.8 Å². The summed E-state index contributed by atoms with van der Waals surface area (Å²) >= 11 is 0. The first-order valence-electron chi connectivity index (χ1n) is 7.04. The average Bonchev–Trinajstić information content (AvgIpc) is 2.44. The zero-order chi connectivity index (χ0) is 26.5. The second kappa shape index (κ2) is 39.6. The van der Waals surface area contributed by atoms with Crippen molar-refractivity contribution in [2.24, 2.45) is 34.4 Å². The lowest BCUT2D eigenvalue weighted by atomic mass is 10.8. The molecule has 0 saturated carbocycles. The molecule has 0 spiro atoms. The molecule has 0 rings (SSSR count). The molecule has 0 unspecified atom stereocenters. The molecule has 17 N–H and O–H groups in total. The molecule has 0 aromatic rings. The normalized spacial score (nSPS) is 6.30. The maximum Gasteiger partial charge on any atom is 0.300 e. The van der Waals surface area contributed by atoms with Gasteiger partial charge in [0.2, 0.25) is 0 Å². The molecule has 30 heavy (non-hydrogen) atoms. The van der Waals surface area contributed by atoms with Gasteiger partial charge in [-0.1, -0.05) is 0 Å². The molecule has 180 valence electrons. The molecule has 0 amide bonds. The van der Waals surface area contributed by atoms with Crippen LogP contribution in [0.2, 0.25) is 0 Å². The van der Waals surface area contributed by atoms with E-state index in [1.165, 1.54) is 0 Å². The summed E-state index contributed by atoms with van der Waals surface area (Å²) in [6.07, 6.45) is 2.28. The number of carbonyl (C=O) groups is 5. The van der Waals surface area contributed by atoms with Crippen molar-refractivity contribution in [3.63, 3.8) is 0 Å². The van der Waals surface area contributed by atoms with Crippen LogP contribution in [0, 0.1) is 0 Å². The van der Waals surface area contributed by atoms with Crippen molar-refractivity contribution in [1.29, 1.82) is 0 Å². The zero-order valence-electron chi connectivity index (χ0n) is 17.4. The predicted molar refractivity (Wildman–Crippen MR) is 108 cm³/mol. The van der Waals surface area contributed by atoms with Crippen LogP contribution in [-0.2, 0) is 24.0 Å². The number of hydrogen-bond donors (Lipinski definition) is 11. The van der Waals surface area contributed by atoms with Gasteiger partial charge in [0.05, 0.1) is 0 Å². The van der Waals surface area contributed by atoms with E-state index in [0.29, 0.717) is 0 Å². The van der Waals surface area contributed by atoms with E-state index in [1.807, 2.05) is 0 Å². The third-order valence-corrected chi connectivity index (χ3v) is 0.385. The van der Waals surface area contributed by atoms with Gasteiger partial charge in [-0.2, -0.15) is 0 Å². The Bertz CT molecular complexity index is 408. The Labute approximate surface area is 173 Å². The Hall–Kier alpha value is -4.37. The van der Waals surface area contributed by atoms with Crippen LogP contribution < -0.4 is 34.4 Å². The van der Waals surface area contributed by atoms with E-state index in [4.69, 9.17) is 83.9 Å². The second-order valence-corrected chi connectivity index (χ2v) is 3.93. The van der Waals surface area contributed by atoms with E-state index < -0.39 is 29.8 Å². The van der Waals surface area contributed by atoms with E-state index in [0.717, 1.165) is 47.0 Å². The average molecular weight is 446 g/mol. The molecule has 0 aliphatic heterocycles. The van der Waals surface area contributed by atoms with Crippen LogP contribution in [0.4, 0.5) is 0 Å². The van der Waals surface area contributed by atoms with Crippen LogP contribution in [0.25, 0.3) is 0 Å². The van der Waals surface area contributed by atoms with Crippen LogP contribution in [0.15, 0.2) is 24.0 Å². The number of rotatable bonds is 0. The maximum atomic E-state index is 9.00. The van der Waals surface area contributed by atoms with E-state index >= 15 is 0 Å². The quantitative estimate of drug-likeness (QED) is 0.187. The number of aliphatic carboxylic acids is 5. The monoisotopic (exact) mass is 446 g/mol. The van der Waals surface area contributed by atoms with Crippen molar-refractivity contribution < 1.29 is 49.5 Å². The lowest BCUT2D eigenvalue weighted by Crippen LogP contribution is -2.09. The summed E-state index contributed by atoms with van der Waals surface area (Å²) in [6.45, 7) is 5.42. The van der Waals surface area contributed by atoms with E-state index in [2.05, 4.69) is 0 Å². The smallest absolute Gasteiger partial charge is 0.300 e. The van der Waals surface area contributed by atoms with Gasteiger partial charge in [0, 0.05) is 47.0 Å². The molecule has 0 saturated heterocycles. The molecule has 0 atom stereocenters. The fourth-order valence-electron chi connectivity index (χ4n) is 0. The summed E-state index contributed by atoms with van der Waals surface area (Å²) in [7, 11) is 0. The second-order valence-electron chi connectivity index (χ2n) is 3.93. The third-order valence-electron chi connectivity index (χ3n) is 0.385. The number of carboxylic acids is 5. The van der Waals surface area contributed by atoms with Crippen molar-refractivity contribution in [3.8, 4) is 0 Å². The summed E-state index contributed by atoms with van der Waals surface area (Å²) in [5, 5.41) is 37.1. The molecule has 0 aliphatic carbocycles. The number of carboxylic acid groups (broad SMARTS) is 5. The van der Waals surface area contributed by atoms with Crippen LogP contribution in [0.1, 0.15) is 34.6 Å². The highest BCUT2D eigenvalue weighted by atomic mass is 16.4. The summed E-state index contributed by atoms with van der Waals surface area (Å²) in [5.74, 6) is -3.85. The van der Waals surface area contributed by atoms with Gasteiger partial charge < -0.3 is 59.9 Å². The minimum absolute atomic E-state index is 0.157. The Kier molecular flexibility index (Phi) is 59.2. The van der Waals surface area contributed by atoms with Crippen molar-refractivity contribution in [3.05, 3.63) is 24.0 Å². The van der Waals surface area contributed by atoms with Gasteiger partial charge in [0.1, 0.15) is 11.6 Å². The molecule has 16 heteroatoms. The van der Waals surface area contributed by atoms with Gasteiger partial charge in [-0.3, -0.25) is 24.0 Å². The van der Waals surface area contributed by atoms with Gasteiger partial charge in [-0.25, -0.2) is 0 Å². The number of hydrogen-bond acceptors (Lipinski definition) is 11. The van der Waals surface area contributed by atoms with Crippen molar-refractivity contribution >= 4 is 29.8 Å². The molecular formula is C14H34N6O10. The van der Waals surface area contributed by atoms with E-state index in [1.54, 1.807) is 0 Å². The minimum Gasteiger partial charge on any atom is -0.481 e. The molecule has 0 heterocycles. The van der Waals surface area contributed by atoms with Crippen molar-refractivity contribution in [2.75, 3.05) is 0 Å². The largest absolute Gasteiger partial charge is 0.481 e. The molecule has 0 fully saturated rings. The molecule has 0 aliphatic rings. The van der Waals surface area contributed by atoms with Gasteiger partial charge in [-0.15, -0.1) is 0 Å². The summed E-state index contributed by atoms with van der Waals surface area (Å²) < 4.78 is 0. The van der Waals surface area contributed by atoms with Gasteiger partial charge in [-0.05, 0) is 0 Å². The molecule has 0 aromatic heterocycles. The molecule has 0 radical (unpaired) electrons. The van der Waals surface area contributed by atoms with E-state index in [9.17, 15) is 0 Å². The van der Waals surface area contributed by atoms with Gasteiger partial charge in [0.15, 0.2) is 0 Å². The molecular weight excluding hydrogens is 412 g/mol. The molecule has 0 aromatic carbocycles. The van der Waals surface area contributed by atoms with Crippen molar-refractivity contribution in [2.45, 2.75) is 34.6 Å². The molecule has 16 nitrogen and oxygen atoms in total. The predicted octanol–water partition coefficient (Wildman–Crippen LogP) is -2.22. The van der Waals surface area contributed by atoms with Crippen LogP contribution in [0.5, 0.6) is 0 Å². The first-order valence-corrected chi connectivity index (χ1v) is 7.04. The third kappa shape index (κ3) is 88400. The minimum atomic E-state index is -0.833. The van der Waals surface area contributed by atoms with E-state index in [-0.39, 0.29) is 11.6 Å². The SMILES string of the molecule is CC(=O)O.CC(=O)O.CC(=O)O.CC(=O)O.CC(=O)O.NC=C(N)N.NC=C(N)N. The number of nitrogens with two attached hydrogens (primary N) is 6. The summed E-state index contributed by atoms with van der Waals surface area (Å²) in [6, 6.07) is 0. The highest BCUT2D eigenvalue weighted by Crippen LogP contribution is 1.50. The van der Waals surface area contributed by atoms with Gasteiger partial charge >= 0.3 is 0 Å². The molecule has 0 bridgehead atoms. The lowest BCUT2D eigenvalue weighted by molar-refractivity contribution is -0.135.